The number of rotatable bonds is 6. The highest BCUT2D eigenvalue weighted by Crippen LogP contribution is 2.19. The van der Waals surface area contributed by atoms with Gasteiger partial charge in [0.15, 0.2) is 5.96 Å². The molecular formula is C21H32IN7OS. The molecule has 1 amide bonds. The molecule has 1 fully saturated rings. The van der Waals surface area contributed by atoms with Gasteiger partial charge in [-0.25, -0.2) is 4.98 Å². The maximum atomic E-state index is 12.2. The number of anilines is 1. The molecule has 1 aliphatic heterocycles. The van der Waals surface area contributed by atoms with Crippen LogP contribution in [0.4, 0.5) is 5.13 Å². The lowest BCUT2D eigenvalue weighted by Gasteiger charge is -2.36. The quantitative estimate of drug-likeness (QED) is 0.334. The van der Waals surface area contributed by atoms with Gasteiger partial charge in [0.25, 0.3) is 5.91 Å². The number of aryl methyl sites for hydroxylation is 1. The molecule has 2 heterocycles. The Labute approximate surface area is 205 Å². The van der Waals surface area contributed by atoms with Gasteiger partial charge >= 0.3 is 0 Å². The van der Waals surface area contributed by atoms with E-state index >= 15 is 0 Å². The third kappa shape index (κ3) is 6.76. The predicted molar refractivity (Wildman–Crippen MR) is 138 cm³/mol. The monoisotopic (exact) mass is 557 g/mol. The average molecular weight is 558 g/mol. The molecule has 1 saturated heterocycles. The summed E-state index contributed by atoms with van der Waals surface area (Å²) in [6.45, 7) is 6.46. The minimum absolute atomic E-state index is 0. The first-order chi connectivity index (χ1) is 14.5. The van der Waals surface area contributed by atoms with Crippen LogP contribution < -0.4 is 10.2 Å². The molecule has 0 saturated carbocycles. The second-order valence-corrected chi connectivity index (χ2v) is 8.18. The summed E-state index contributed by atoms with van der Waals surface area (Å²) in [4.78, 5) is 27.4. The van der Waals surface area contributed by atoms with Gasteiger partial charge in [0.2, 0.25) is 5.13 Å². The molecule has 1 N–H and O–H groups in total. The van der Waals surface area contributed by atoms with Crippen molar-refractivity contribution in [1.82, 2.24) is 24.5 Å². The highest BCUT2D eigenvalue weighted by atomic mass is 127. The van der Waals surface area contributed by atoms with Gasteiger partial charge in [-0.3, -0.25) is 9.79 Å². The van der Waals surface area contributed by atoms with E-state index < -0.39 is 0 Å². The number of nitrogens with one attached hydrogen (secondary N) is 1. The highest BCUT2D eigenvalue weighted by molar-refractivity contribution is 14.0. The summed E-state index contributed by atoms with van der Waals surface area (Å²) in [5.74, 6) is 1.87. The van der Waals surface area contributed by atoms with Gasteiger partial charge in [0.1, 0.15) is 5.82 Å². The predicted octanol–water partition coefficient (Wildman–Crippen LogP) is 2.36. The zero-order chi connectivity index (χ0) is 21.5. The largest absolute Gasteiger partial charge is 0.356 e. The number of amides is 1. The van der Waals surface area contributed by atoms with Gasteiger partial charge in [-0.1, -0.05) is 19.1 Å². The summed E-state index contributed by atoms with van der Waals surface area (Å²) in [5, 5.41) is 4.48. The highest BCUT2D eigenvalue weighted by Gasteiger charge is 2.22. The minimum Gasteiger partial charge on any atom is -0.356 e. The number of carbonyl (C=O) groups excluding carboxylic acids is 1. The number of hydrogen-bond donors (Lipinski definition) is 1. The summed E-state index contributed by atoms with van der Waals surface area (Å²) in [5.41, 5.74) is 1.86. The zero-order valence-electron chi connectivity index (χ0n) is 18.7. The molecule has 31 heavy (non-hydrogen) atoms. The van der Waals surface area contributed by atoms with Crippen LogP contribution in [0.3, 0.4) is 0 Å². The SMILES string of the molecule is CCc1nsc(N2CCN(C(=NC)NCCc3cccc(C(=O)N(C)C)c3)CC2)n1.I. The normalized spacial score (nSPS) is 14.3. The number of aromatic nitrogens is 2. The van der Waals surface area contributed by atoms with Crippen LogP contribution in [-0.4, -0.2) is 84.9 Å². The van der Waals surface area contributed by atoms with E-state index in [2.05, 4.69) is 42.5 Å². The van der Waals surface area contributed by atoms with Crippen molar-refractivity contribution in [2.75, 3.05) is 58.8 Å². The van der Waals surface area contributed by atoms with Crippen LogP contribution in [-0.2, 0) is 12.8 Å². The zero-order valence-corrected chi connectivity index (χ0v) is 21.8. The topological polar surface area (TPSA) is 77.0 Å². The molecule has 170 valence electrons. The van der Waals surface area contributed by atoms with Crippen molar-refractivity contribution in [1.29, 1.82) is 0 Å². The number of carbonyl (C=O) groups is 1. The molecule has 0 bridgehead atoms. The fourth-order valence-electron chi connectivity index (χ4n) is 3.40. The number of aliphatic imine (C=N–C) groups is 1. The smallest absolute Gasteiger partial charge is 0.253 e. The minimum atomic E-state index is 0. The summed E-state index contributed by atoms with van der Waals surface area (Å²) in [6, 6.07) is 7.83. The van der Waals surface area contributed by atoms with Crippen molar-refractivity contribution in [3.05, 3.63) is 41.2 Å². The Kier molecular flexibility index (Phi) is 9.94. The van der Waals surface area contributed by atoms with Crippen LogP contribution in [0, 0.1) is 0 Å². The second-order valence-electron chi connectivity index (χ2n) is 7.44. The number of halogens is 1. The van der Waals surface area contributed by atoms with Crippen molar-refractivity contribution in [3.8, 4) is 0 Å². The van der Waals surface area contributed by atoms with Gasteiger partial charge in [0, 0.05) is 77.4 Å². The lowest BCUT2D eigenvalue weighted by molar-refractivity contribution is 0.0827. The fourth-order valence-corrected chi connectivity index (χ4v) is 4.20. The molecule has 1 aromatic heterocycles. The van der Waals surface area contributed by atoms with Crippen molar-refractivity contribution >= 4 is 52.5 Å². The molecule has 10 heteroatoms. The van der Waals surface area contributed by atoms with Crippen molar-refractivity contribution in [2.45, 2.75) is 19.8 Å². The Morgan fingerprint density at radius 1 is 1.26 bits per heavy atom. The Bertz CT molecular complexity index is 878. The number of nitrogens with zero attached hydrogens (tertiary/aromatic N) is 6. The first kappa shape index (κ1) is 25.3. The summed E-state index contributed by atoms with van der Waals surface area (Å²) in [6.07, 6.45) is 1.71. The van der Waals surface area contributed by atoms with Crippen molar-refractivity contribution < 1.29 is 4.79 Å². The van der Waals surface area contributed by atoms with Gasteiger partial charge in [-0.2, -0.15) is 4.37 Å². The van der Waals surface area contributed by atoms with Gasteiger partial charge in [-0.15, -0.1) is 24.0 Å². The molecule has 0 unspecified atom stereocenters. The van der Waals surface area contributed by atoms with Crippen LogP contribution in [0.5, 0.6) is 0 Å². The third-order valence-electron chi connectivity index (χ3n) is 5.11. The second kappa shape index (κ2) is 12.2. The van der Waals surface area contributed by atoms with Gasteiger partial charge in [0.05, 0.1) is 0 Å². The molecule has 3 rings (SSSR count). The van der Waals surface area contributed by atoms with E-state index in [1.165, 1.54) is 11.5 Å². The van der Waals surface area contributed by atoms with E-state index in [-0.39, 0.29) is 29.9 Å². The molecule has 0 radical (unpaired) electrons. The first-order valence-corrected chi connectivity index (χ1v) is 11.1. The fraction of sp³-hybridized carbons (Fsp3) is 0.524. The first-order valence-electron chi connectivity index (χ1n) is 10.4. The molecule has 1 aliphatic rings. The third-order valence-corrected chi connectivity index (χ3v) is 5.93. The van der Waals surface area contributed by atoms with Gasteiger partial charge < -0.3 is 20.0 Å². The Morgan fingerprint density at radius 3 is 2.61 bits per heavy atom. The van der Waals surface area contributed by atoms with E-state index in [4.69, 9.17) is 0 Å². The molecule has 2 aromatic rings. The van der Waals surface area contributed by atoms with Crippen molar-refractivity contribution in [2.24, 2.45) is 4.99 Å². The standard InChI is InChI=1S/C21H31N7OS.HI/c1-5-18-24-21(30-25-18)28-13-11-27(12-14-28)20(22-2)23-10-9-16-7-6-8-17(15-16)19(29)26(3)4;/h6-8,15H,5,9-14H2,1-4H3,(H,22,23);1H. The average Bonchev–Trinajstić information content (AvgIpc) is 3.26. The Morgan fingerprint density at radius 2 is 2.00 bits per heavy atom. The molecular weight excluding hydrogens is 525 g/mol. The van der Waals surface area contributed by atoms with E-state index in [1.54, 1.807) is 19.0 Å². The van der Waals surface area contributed by atoms with E-state index in [0.717, 1.165) is 73.6 Å². The molecule has 8 nitrogen and oxygen atoms in total. The summed E-state index contributed by atoms with van der Waals surface area (Å²) < 4.78 is 4.39. The lowest BCUT2D eigenvalue weighted by atomic mass is 10.1. The maximum Gasteiger partial charge on any atom is 0.253 e. The number of hydrogen-bond acceptors (Lipinski definition) is 6. The van der Waals surface area contributed by atoms with Crippen LogP contribution >= 0.6 is 35.5 Å². The molecule has 0 spiro atoms. The Balaban J connectivity index is 0.00000341. The van der Waals surface area contributed by atoms with Crippen LogP contribution in [0.25, 0.3) is 0 Å². The summed E-state index contributed by atoms with van der Waals surface area (Å²) in [7, 11) is 5.37. The van der Waals surface area contributed by atoms with E-state index in [9.17, 15) is 4.79 Å². The molecule has 0 atom stereocenters. The molecule has 1 aromatic carbocycles. The van der Waals surface area contributed by atoms with Crippen molar-refractivity contribution in [3.63, 3.8) is 0 Å². The number of guanidine groups is 1. The van der Waals surface area contributed by atoms with Gasteiger partial charge in [-0.05, 0) is 24.1 Å². The van der Waals surface area contributed by atoms with Crippen LogP contribution in [0.15, 0.2) is 29.3 Å². The van der Waals surface area contributed by atoms with Crippen LogP contribution in [0.2, 0.25) is 0 Å². The van der Waals surface area contributed by atoms with E-state index in [0.29, 0.717) is 0 Å². The lowest BCUT2D eigenvalue weighted by Crippen LogP contribution is -2.52. The molecule has 0 aliphatic carbocycles. The number of benzene rings is 1. The van der Waals surface area contributed by atoms with E-state index in [1.807, 2.05) is 25.2 Å². The maximum absolute atomic E-state index is 12.2. The summed E-state index contributed by atoms with van der Waals surface area (Å²) >= 11 is 1.49. The number of piperazine rings is 1. The van der Waals surface area contributed by atoms with Crippen LogP contribution in [0.1, 0.15) is 28.7 Å². The Hall–Kier alpha value is -1.95.